The van der Waals surface area contributed by atoms with Gasteiger partial charge in [-0.25, -0.2) is 0 Å². The van der Waals surface area contributed by atoms with E-state index in [1.807, 2.05) is 12.2 Å². The van der Waals surface area contributed by atoms with Gasteiger partial charge in [0, 0.05) is 12.6 Å². The third-order valence-corrected chi connectivity index (χ3v) is 4.61. The van der Waals surface area contributed by atoms with Crippen LogP contribution in [0.2, 0.25) is 0 Å². The van der Waals surface area contributed by atoms with Crippen molar-refractivity contribution in [1.29, 1.82) is 0 Å². The molecule has 0 unspecified atom stereocenters. The van der Waals surface area contributed by atoms with Crippen molar-refractivity contribution in [3.8, 4) is 0 Å². The summed E-state index contributed by atoms with van der Waals surface area (Å²) in [7, 11) is 0. The molecule has 0 spiro atoms. The Kier molecular flexibility index (Phi) is 14.1. The number of unbranched alkanes of at least 4 members (excludes halogenated alkanes) is 8. The molecule has 0 fully saturated rings. The first-order chi connectivity index (χ1) is 13.2. The Labute approximate surface area is 167 Å². The van der Waals surface area contributed by atoms with Crippen LogP contribution >= 0.6 is 0 Å². The van der Waals surface area contributed by atoms with Crippen molar-refractivity contribution < 1.29 is 4.79 Å². The molecule has 0 saturated carbocycles. The molecule has 0 aliphatic rings. The van der Waals surface area contributed by atoms with E-state index in [9.17, 15) is 4.79 Å². The van der Waals surface area contributed by atoms with Crippen molar-refractivity contribution in [2.24, 2.45) is 5.92 Å². The Bertz CT molecular complexity index is 531. The Morgan fingerprint density at radius 1 is 0.889 bits per heavy atom. The molecular formula is C25H39NO. The quantitative estimate of drug-likeness (QED) is 0.210. The van der Waals surface area contributed by atoms with Crippen LogP contribution in [0.15, 0.2) is 54.6 Å². The number of benzene rings is 1. The van der Waals surface area contributed by atoms with Gasteiger partial charge in [0.2, 0.25) is 5.91 Å². The van der Waals surface area contributed by atoms with E-state index in [-0.39, 0.29) is 5.91 Å². The van der Waals surface area contributed by atoms with Gasteiger partial charge in [0.1, 0.15) is 0 Å². The second-order valence-electron chi connectivity index (χ2n) is 7.78. The summed E-state index contributed by atoms with van der Waals surface area (Å²) >= 11 is 0. The Hall–Kier alpha value is -1.83. The van der Waals surface area contributed by atoms with Crippen LogP contribution in [-0.4, -0.2) is 12.5 Å². The van der Waals surface area contributed by atoms with E-state index in [1.54, 1.807) is 6.08 Å². The lowest BCUT2D eigenvalue weighted by Crippen LogP contribution is -2.25. The Morgan fingerprint density at radius 3 is 2.19 bits per heavy atom. The van der Waals surface area contributed by atoms with Crippen LogP contribution in [0.5, 0.6) is 0 Å². The van der Waals surface area contributed by atoms with Gasteiger partial charge in [-0.05, 0) is 37.2 Å². The van der Waals surface area contributed by atoms with E-state index in [0.717, 1.165) is 13.0 Å². The van der Waals surface area contributed by atoms with Gasteiger partial charge in [-0.3, -0.25) is 4.79 Å². The van der Waals surface area contributed by atoms with Crippen LogP contribution in [0.3, 0.4) is 0 Å². The van der Waals surface area contributed by atoms with Crippen LogP contribution in [-0.2, 0) is 11.2 Å². The number of allylic oxidation sites excluding steroid dienone is 3. The zero-order valence-corrected chi connectivity index (χ0v) is 17.5. The molecular weight excluding hydrogens is 330 g/mol. The van der Waals surface area contributed by atoms with E-state index in [2.05, 4.69) is 55.6 Å². The largest absolute Gasteiger partial charge is 0.352 e. The molecule has 2 nitrogen and oxygen atoms in total. The molecule has 0 atom stereocenters. The van der Waals surface area contributed by atoms with E-state index in [0.29, 0.717) is 5.92 Å². The van der Waals surface area contributed by atoms with Gasteiger partial charge in [0.25, 0.3) is 0 Å². The van der Waals surface area contributed by atoms with Crippen molar-refractivity contribution in [3.63, 3.8) is 0 Å². The number of rotatable bonds is 15. The summed E-state index contributed by atoms with van der Waals surface area (Å²) in [6.07, 6.45) is 20.6. The molecule has 0 saturated heterocycles. The van der Waals surface area contributed by atoms with Gasteiger partial charge in [-0.1, -0.05) is 101 Å². The molecule has 0 radical (unpaired) electrons. The normalized spacial score (nSPS) is 11.7. The summed E-state index contributed by atoms with van der Waals surface area (Å²) in [4.78, 5) is 11.5. The third-order valence-electron chi connectivity index (χ3n) is 4.61. The topological polar surface area (TPSA) is 29.1 Å². The van der Waals surface area contributed by atoms with Crippen molar-refractivity contribution in [1.82, 2.24) is 5.32 Å². The smallest absolute Gasteiger partial charge is 0.243 e. The number of amides is 1. The lowest BCUT2D eigenvalue weighted by molar-refractivity contribution is -0.116. The predicted molar refractivity (Wildman–Crippen MR) is 118 cm³/mol. The average Bonchev–Trinajstić information content (AvgIpc) is 2.67. The molecule has 2 heteroatoms. The van der Waals surface area contributed by atoms with Crippen LogP contribution in [0.4, 0.5) is 0 Å². The van der Waals surface area contributed by atoms with Crippen LogP contribution in [0, 0.1) is 5.92 Å². The maximum Gasteiger partial charge on any atom is 0.243 e. The minimum Gasteiger partial charge on any atom is -0.352 e. The number of hydrogen-bond donors (Lipinski definition) is 1. The average molecular weight is 370 g/mol. The fourth-order valence-corrected chi connectivity index (χ4v) is 2.98. The monoisotopic (exact) mass is 369 g/mol. The minimum atomic E-state index is -0.00267. The molecule has 1 aromatic carbocycles. The highest BCUT2D eigenvalue weighted by atomic mass is 16.1. The van der Waals surface area contributed by atoms with Gasteiger partial charge in [-0.15, -0.1) is 0 Å². The summed E-state index contributed by atoms with van der Waals surface area (Å²) in [6, 6.07) is 10.8. The molecule has 0 bridgehead atoms. The number of nitrogens with one attached hydrogen (secondary N) is 1. The van der Waals surface area contributed by atoms with E-state index >= 15 is 0 Å². The second-order valence-corrected chi connectivity index (χ2v) is 7.78. The molecule has 150 valence electrons. The predicted octanol–water partition coefficient (Wildman–Crippen LogP) is 6.62. The first-order valence-electron chi connectivity index (χ1n) is 10.8. The van der Waals surface area contributed by atoms with Gasteiger partial charge in [-0.2, -0.15) is 0 Å². The van der Waals surface area contributed by atoms with E-state index < -0.39 is 0 Å². The maximum absolute atomic E-state index is 11.5. The fraction of sp³-hybridized carbons (Fsp3) is 0.560. The SMILES string of the molecule is CC(C)CNC(=O)/C=C/C=C/CCCCCCCCCCc1ccccc1. The highest BCUT2D eigenvalue weighted by molar-refractivity contribution is 5.87. The summed E-state index contributed by atoms with van der Waals surface area (Å²) in [6.45, 7) is 4.92. The third kappa shape index (κ3) is 15.0. The molecule has 1 rings (SSSR count). The molecule has 0 heterocycles. The van der Waals surface area contributed by atoms with Crippen molar-refractivity contribution in [2.45, 2.75) is 78.1 Å². The summed E-state index contributed by atoms with van der Waals surface area (Å²) < 4.78 is 0. The molecule has 1 aromatic rings. The van der Waals surface area contributed by atoms with Crippen molar-refractivity contribution in [3.05, 3.63) is 60.2 Å². The Balaban J connectivity index is 1.85. The molecule has 0 aromatic heterocycles. The fourth-order valence-electron chi connectivity index (χ4n) is 2.98. The molecule has 1 amide bonds. The summed E-state index contributed by atoms with van der Waals surface area (Å²) in [5.74, 6) is 0.490. The van der Waals surface area contributed by atoms with Crippen LogP contribution in [0.25, 0.3) is 0 Å². The van der Waals surface area contributed by atoms with Gasteiger partial charge < -0.3 is 5.32 Å². The number of carbonyl (C=O) groups is 1. The first-order valence-corrected chi connectivity index (χ1v) is 10.8. The summed E-state index contributed by atoms with van der Waals surface area (Å²) in [5, 5.41) is 2.87. The highest BCUT2D eigenvalue weighted by Gasteiger charge is 1.96. The molecule has 27 heavy (non-hydrogen) atoms. The molecule has 1 N–H and O–H groups in total. The zero-order chi connectivity index (χ0) is 19.6. The molecule has 0 aliphatic heterocycles. The maximum atomic E-state index is 11.5. The van der Waals surface area contributed by atoms with Crippen LogP contribution < -0.4 is 5.32 Å². The van der Waals surface area contributed by atoms with Crippen molar-refractivity contribution >= 4 is 5.91 Å². The zero-order valence-electron chi connectivity index (χ0n) is 17.5. The lowest BCUT2D eigenvalue weighted by Gasteiger charge is -2.03. The number of aryl methyl sites for hydroxylation is 1. The Morgan fingerprint density at radius 2 is 1.52 bits per heavy atom. The van der Waals surface area contributed by atoms with Crippen LogP contribution in [0.1, 0.15) is 77.2 Å². The van der Waals surface area contributed by atoms with E-state index in [4.69, 9.17) is 0 Å². The standard InChI is InChI=1S/C25H39NO/c1-23(2)22-26-25(27)21-17-12-10-8-6-4-3-5-7-9-11-14-18-24-19-15-13-16-20-24/h10,12-13,15-17,19-21,23H,3-9,11,14,18,22H2,1-2H3,(H,26,27)/b12-10+,21-17+. The number of carbonyl (C=O) groups excluding carboxylic acids is 1. The summed E-state index contributed by atoms with van der Waals surface area (Å²) in [5.41, 5.74) is 1.47. The van der Waals surface area contributed by atoms with E-state index in [1.165, 1.54) is 63.4 Å². The first kappa shape index (κ1) is 23.2. The van der Waals surface area contributed by atoms with Gasteiger partial charge in [0.15, 0.2) is 0 Å². The second kappa shape index (κ2) is 16.4. The van der Waals surface area contributed by atoms with Gasteiger partial charge in [0.05, 0.1) is 0 Å². The highest BCUT2D eigenvalue weighted by Crippen LogP contribution is 2.12. The van der Waals surface area contributed by atoms with Gasteiger partial charge >= 0.3 is 0 Å². The van der Waals surface area contributed by atoms with Crippen molar-refractivity contribution in [2.75, 3.05) is 6.54 Å². The minimum absolute atomic E-state index is 0.00267. The molecule has 0 aliphatic carbocycles. The number of hydrogen-bond acceptors (Lipinski definition) is 1. The lowest BCUT2D eigenvalue weighted by atomic mass is 10.0.